The van der Waals surface area contributed by atoms with Gasteiger partial charge in [0.15, 0.2) is 6.61 Å². The van der Waals surface area contributed by atoms with E-state index in [1.165, 1.54) is 17.0 Å². The SMILES string of the molecule is CC(C)N(C)C(=O)COC(=O)c1ccc(N)c(F)c1. The molecule has 5 nitrogen and oxygen atoms in total. The van der Waals surface area contributed by atoms with Crippen molar-refractivity contribution >= 4 is 17.6 Å². The molecular weight excluding hydrogens is 251 g/mol. The third-order valence-electron chi connectivity index (χ3n) is 2.73. The number of amides is 1. The first kappa shape index (κ1) is 14.9. The zero-order valence-electron chi connectivity index (χ0n) is 11.1. The van der Waals surface area contributed by atoms with E-state index in [9.17, 15) is 14.0 Å². The fraction of sp³-hybridized carbons (Fsp3) is 0.385. The fourth-order valence-corrected chi connectivity index (χ4v) is 1.25. The smallest absolute Gasteiger partial charge is 0.338 e. The van der Waals surface area contributed by atoms with Crippen molar-refractivity contribution < 1.29 is 18.7 Å². The first-order valence-electron chi connectivity index (χ1n) is 5.80. The molecule has 6 heteroatoms. The quantitative estimate of drug-likeness (QED) is 0.662. The van der Waals surface area contributed by atoms with Gasteiger partial charge in [0.25, 0.3) is 5.91 Å². The maximum absolute atomic E-state index is 13.2. The Labute approximate surface area is 111 Å². The number of hydrogen-bond acceptors (Lipinski definition) is 4. The number of carbonyl (C=O) groups is 2. The Hall–Kier alpha value is -2.11. The molecule has 0 heterocycles. The summed E-state index contributed by atoms with van der Waals surface area (Å²) < 4.78 is 18.0. The van der Waals surface area contributed by atoms with E-state index in [1.807, 2.05) is 13.8 Å². The first-order valence-corrected chi connectivity index (χ1v) is 5.80. The molecular formula is C13H17FN2O3. The number of nitrogens with zero attached hydrogens (tertiary/aromatic N) is 1. The summed E-state index contributed by atoms with van der Waals surface area (Å²) in [7, 11) is 1.61. The van der Waals surface area contributed by atoms with Gasteiger partial charge in [-0.05, 0) is 32.0 Å². The van der Waals surface area contributed by atoms with Crippen LogP contribution in [0.4, 0.5) is 10.1 Å². The van der Waals surface area contributed by atoms with Crippen LogP contribution in [-0.4, -0.2) is 36.5 Å². The van der Waals surface area contributed by atoms with Crippen LogP contribution in [0, 0.1) is 5.82 Å². The number of rotatable bonds is 4. The number of nitrogen functional groups attached to an aromatic ring is 1. The average molecular weight is 268 g/mol. The average Bonchev–Trinajstić information content (AvgIpc) is 2.37. The summed E-state index contributed by atoms with van der Waals surface area (Å²) in [6.07, 6.45) is 0. The van der Waals surface area contributed by atoms with Gasteiger partial charge in [-0.2, -0.15) is 0 Å². The van der Waals surface area contributed by atoms with Gasteiger partial charge in [-0.3, -0.25) is 4.79 Å². The largest absolute Gasteiger partial charge is 0.452 e. The Morgan fingerprint density at radius 1 is 1.42 bits per heavy atom. The van der Waals surface area contributed by atoms with E-state index in [0.717, 1.165) is 6.07 Å². The monoisotopic (exact) mass is 268 g/mol. The highest BCUT2D eigenvalue weighted by atomic mass is 19.1. The normalized spacial score (nSPS) is 10.4. The molecule has 2 N–H and O–H groups in total. The van der Waals surface area contributed by atoms with Gasteiger partial charge in [0.2, 0.25) is 0 Å². The van der Waals surface area contributed by atoms with Crippen LogP contribution >= 0.6 is 0 Å². The van der Waals surface area contributed by atoms with Crippen LogP contribution in [0.3, 0.4) is 0 Å². The second kappa shape index (κ2) is 6.17. The van der Waals surface area contributed by atoms with Crippen molar-refractivity contribution in [2.45, 2.75) is 19.9 Å². The number of hydrogen-bond donors (Lipinski definition) is 1. The number of esters is 1. The minimum absolute atomic E-state index is 0.0140. The number of nitrogens with two attached hydrogens (primary N) is 1. The third-order valence-corrected chi connectivity index (χ3v) is 2.73. The van der Waals surface area contributed by atoms with E-state index in [1.54, 1.807) is 7.05 Å². The molecule has 0 bridgehead atoms. The zero-order valence-corrected chi connectivity index (χ0v) is 11.1. The van der Waals surface area contributed by atoms with Crippen molar-refractivity contribution in [1.29, 1.82) is 0 Å². The van der Waals surface area contributed by atoms with Crippen LogP contribution in [0.1, 0.15) is 24.2 Å². The topological polar surface area (TPSA) is 72.6 Å². The maximum atomic E-state index is 13.2. The lowest BCUT2D eigenvalue weighted by molar-refractivity contribution is -0.134. The summed E-state index contributed by atoms with van der Waals surface area (Å²) in [6.45, 7) is 3.31. The molecule has 0 aliphatic rings. The molecule has 1 amide bonds. The summed E-state index contributed by atoms with van der Waals surface area (Å²) in [4.78, 5) is 24.7. The van der Waals surface area contributed by atoms with Gasteiger partial charge in [0.05, 0.1) is 11.3 Å². The number of halogens is 1. The van der Waals surface area contributed by atoms with Gasteiger partial charge in [-0.1, -0.05) is 0 Å². The lowest BCUT2D eigenvalue weighted by Gasteiger charge is -2.21. The molecule has 0 aromatic heterocycles. The predicted molar refractivity (Wildman–Crippen MR) is 69.0 cm³/mol. The Morgan fingerprint density at radius 3 is 2.58 bits per heavy atom. The van der Waals surface area contributed by atoms with E-state index in [2.05, 4.69) is 0 Å². The summed E-state index contributed by atoms with van der Waals surface area (Å²) in [6, 6.07) is 3.61. The summed E-state index contributed by atoms with van der Waals surface area (Å²) >= 11 is 0. The molecule has 0 spiro atoms. The number of anilines is 1. The van der Waals surface area contributed by atoms with E-state index >= 15 is 0 Å². The van der Waals surface area contributed by atoms with E-state index in [4.69, 9.17) is 10.5 Å². The molecule has 0 saturated carbocycles. The minimum Gasteiger partial charge on any atom is -0.452 e. The number of benzene rings is 1. The molecule has 0 atom stereocenters. The van der Waals surface area contributed by atoms with Crippen molar-refractivity contribution in [3.05, 3.63) is 29.6 Å². The molecule has 1 rings (SSSR count). The lowest BCUT2D eigenvalue weighted by Crippen LogP contribution is -2.36. The minimum atomic E-state index is -0.760. The van der Waals surface area contributed by atoms with Gasteiger partial charge in [-0.15, -0.1) is 0 Å². The van der Waals surface area contributed by atoms with Gasteiger partial charge >= 0.3 is 5.97 Å². The van der Waals surface area contributed by atoms with Crippen molar-refractivity contribution in [2.24, 2.45) is 0 Å². The van der Waals surface area contributed by atoms with Crippen LogP contribution < -0.4 is 5.73 Å². The maximum Gasteiger partial charge on any atom is 0.338 e. The Kier molecular flexibility index (Phi) is 4.86. The summed E-state index contributed by atoms with van der Waals surface area (Å²) in [5.41, 5.74) is 5.27. The number of ether oxygens (including phenoxy) is 1. The first-order chi connectivity index (χ1) is 8.82. The van der Waals surface area contributed by atoms with E-state index < -0.39 is 11.8 Å². The van der Waals surface area contributed by atoms with Crippen molar-refractivity contribution in [2.75, 3.05) is 19.4 Å². The van der Waals surface area contributed by atoms with Gasteiger partial charge < -0.3 is 15.4 Å². The second-order valence-corrected chi connectivity index (χ2v) is 4.41. The Bertz CT molecular complexity index is 489. The Balaban J connectivity index is 2.61. The Morgan fingerprint density at radius 2 is 2.05 bits per heavy atom. The molecule has 0 unspecified atom stereocenters. The molecule has 1 aromatic carbocycles. The molecule has 0 radical (unpaired) electrons. The van der Waals surface area contributed by atoms with Crippen LogP contribution in [0.5, 0.6) is 0 Å². The number of likely N-dealkylation sites (N-methyl/N-ethyl adjacent to an activating group) is 1. The molecule has 0 fully saturated rings. The van der Waals surface area contributed by atoms with Crippen LogP contribution in [0.15, 0.2) is 18.2 Å². The zero-order chi connectivity index (χ0) is 14.6. The third kappa shape index (κ3) is 3.94. The standard InChI is InChI=1S/C13H17FN2O3/c1-8(2)16(3)12(17)7-19-13(18)9-4-5-11(15)10(14)6-9/h4-6,8H,7,15H2,1-3H3. The van der Waals surface area contributed by atoms with Crippen molar-refractivity contribution in [1.82, 2.24) is 4.90 Å². The highest BCUT2D eigenvalue weighted by Crippen LogP contribution is 2.12. The highest BCUT2D eigenvalue weighted by molar-refractivity contribution is 5.91. The lowest BCUT2D eigenvalue weighted by atomic mass is 10.2. The molecule has 104 valence electrons. The molecule has 0 aliphatic carbocycles. The fourth-order valence-electron chi connectivity index (χ4n) is 1.25. The molecule has 19 heavy (non-hydrogen) atoms. The van der Waals surface area contributed by atoms with E-state index in [-0.39, 0.29) is 29.8 Å². The predicted octanol–water partition coefficient (Wildman–Crippen LogP) is 1.43. The second-order valence-electron chi connectivity index (χ2n) is 4.41. The molecule has 0 saturated heterocycles. The van der Waals surface area contributed by atoms with Crippen LogP contribution in [-0.2, 0) is 9.53 Å². The van der Waals surface area contributed by atoms with Gasteiger partial charge in [0.1, 0.15) is 5.82 Å². The van der Waals surface area contributed by atoms with Crippen LogP contribution in [0.25, 0.3) is 0 Å². The molecule has 1 aromatic rings. The molecule has 0 aliphatic heterocycles. The van der Waals surface area contributed by atoms with E-state index in [0.29, 0.717) is 0 Å². The van der Waals surface area contributed by atoms with Crippen LogP contribution in [0.2, 0.25) is 0 Å². The number of carbonyl (C=O) groups excluding carboxylic acids is 2. The van der Waals surface area contributed by atoms with Gasteiger partial charge in [0, 0.05) is 13.1 Å². The van der Waals surface area contributed by atoms with Crippen molar-refractivity contribution in [3.63, 3.8) is 0 Å². The van der Waals surface area contributed by atoms with Crippen molar-refractivity contribution in [3.8, 4) is 0 Å². The van der Waals surface area contributed by atoms with Gasteiger partial charge in [-0.25, -0.2) is 9.18 Å². The summed E-state index contributed by atoms with van der Waals surface area (Å²) in [5.74, 6) is -1.77. The summed E-state index contributed by atoms with van der Waals surface area (Å²) in [5, 5.41) is 0. The highest BCUT2D eigenvalue weighted by Gasteiger charge is 2.16.